The van der Waals surface area contributed by atoms with Gasteiger partial charge < -0.3 is 5.32 Å². The average Bonchev–Trinajstić information content (AvgIpc) is 2.54. The molecule has 1 heterocycles. The van der Waals surface area contributed by atoms with E-state index in [1.807, 2.05) is 13.1 Å². The van der Waals surface area contributed by atoms with Crippen molar-refractivity contribution in [1.82, 2.24) is 5.32 Å². The molecule has 1 aliphatic heterocycles. The number of rotatable bonds is 6. The quantitative estimate of drug-likeness (QED) is 0.554. The summed E-state index contributed by atoms with van der Waals surface area (Å²) in [5.41, 5.74) is 0. The van der Waals surface area contributed by atoms with Gasteiger partial charge in [0.05, 0.1) is 11.5 Å². The summed E-state index contributed by atoms with van der Waals surface area (Å²) in [6.07, 6.45) is 5.88. The van der Waals surface area contributed by atoms with Crippen molar-refractivity contribution in [3.63, 3.8) is 0 Å². The second kappa shape index (κ2) is 5.66. The summed E-state index contributed by atoms with van der Waals surface area (Å²) in [4.78, 5) is 0. The van der Waals surface area contributed by atoms with E-state index in [1.165, 1.54) is 0 Å². The van der Waals surface area contributed by atoms with E-state index in [1.54, 1.807) is 0 Å². The molecule has 1 aliphatic rings. The first-order chi connectivity index (χ1) is 7.09. The highest BCUT2D eigenvalue weighted by atomic mass is 32.2. The largest absolute Gasteiger partial charge is 0.317 e. The van der Waals surface area contributed by atoms with E-state index in [0.717, 1.165) is 25.7 Å². The predicted molar refractivity (Wildman–Crippen MR) is 63.7 cm³/mol. The van der Waals surface area contributed by atoms with Gasteiger partial charge in [-0.1, -0.05) is 6.08 Å². The van der Waals surface area contributed by atoms with E-state index in [9.17, 15) is 8.42 Å². The van der Waals surface area contributed by atoms with Gasteiger partial charge in [0.15, 0.2) is 9.84 Å². The zero-order valence-electron chi connectivity index (χ0n) is 9.41. The zero-order valence-corrected chi connectivity index (χ0v) is 10.2. The summed E-state index contributed by atoms with van der Waals surface area (Å²) >= 11 is 0. The summed E-state index contributed by atoms with van der Waals surface area (Å²) in [7, 11) is -0.821. The van der Waals surface area contributed by atoms with Crippen LogP contribution in [0.1, 0.15) is 25.7 Å². The van der Waals surface area contributed by atoms with E-state index >= 15 is 0 Å². The topological polar surface area (TPSA) is 46.2 Å². The molecule has 1 fully saturated rings. The van der Waals surface area contributed by atoms with Gasteiger partial charge in [-0.3, -0.25) is 0 Å². The molecule has 4 heteroatoms. The van der Waals surface area contributed by atoms with Gasteiger partial charge in [0.1, 0.15) is 0 Å². The van der Waals surface area contributed by atoms with Crippen LogP contribution in [0.5, 0.6) is 0 Å². The summed E-state index contributed by atoms with van der Waals surface area (Å²) < 4.78 is 22.7. The Morgan fingerprint density at radius 1 is 1.60 bits per heavy atom. The number of unbranched alkanes of at least 4 members (excludes halogenated alkanes) is 1. The van der Waals surface area contributed by atoms with Crippen molar-refractivity contribution >= 4 is 9.84 Å². The summed E-state index contributed by atoms with van der Waals surface area (Å²) in [5.74, 6) is 1.05. The molecule has 15 heavy (non-hydrogen) atoms. The molecule has 0 aromatic rings. The molecule has 0 radical (unpaired) electrons. The van der Waals surface area contributed by atoms with E-state index in [2.05, 4.69) is 11.9 Å². The van der Waals surface area contributed by atoms with Gasteiger partial charge in [0, 0.05) is 6.04 Å². The number of hydrogen-bond acceptors (Lipinski definition) is 3. The maximum Gasteiger partial charge on any atom is 0.150 e. The lowest BCUT2D eigenvalue weighted by Crippen LogP contribution is -2.34. The van der Waals surface area contributed by atoms with E-state index in [-0.39, 0.29) is 0 Å². The highest BCUT2D eigenvalue weighted by molar-refractivity contribution is 7.91. The molecule has 0 spiro atoms. The standard InChI is InChI=1S/C11H21NO2S/c1-3-4-5-6-11(12-2)10-7-8-15(13,14)9-10/h3,10-12H,1,4-9H2,2H3. The van der Waals surface area contributed by atoms with Gasteiger partial charge in [-0.2, -0.15) is 0 Å². The minimum atomic E-state index is -2.74. The molecule has 2 atom stereocenters. The molecule has 88 valence electrons. The normalized spacial score (nSPS) is 26.3. The van der Waals surface area contributed by atoms with Crippen LogP contribution in [0.25, 0.3) is 0 Å². The molecule has 2 unspecified atom stereocenters. The Hall–Kier alpha value is -0.350. The van der Waals surface area contributed by atoms with Crippen LogP contribution in [0.4, 0.5) is 0 Å². The second-order valence-electron chi connectivity index (χ2n) is 4.28. The lowest BCUT2D eigenvalue weighted by Gasteiger charge is -2.21. The number of nitrogens with one attached hydrogen (secondary N) is 1. The lowest BCUT2D eigenvalue weighted by molar-refractivity contribution is 0.376. The first kappa shape index (κ1) is 12.7. The van der Waals surface area contributed by atoms with E-state index in [4.69, 9.17) is 0 Å². The molecular formula is C11H21NO2S. The van der Waals surface area contributed by atoms with Gasteiger partial charge in [-0.25, -0.2) is 8.42 Å². The fraction of sp³-hybridized carbons (Fsp3) is 0.818. The first-order valence-electron chi connectivity index (χ1n) is 5.57. The molecule has 1 saturated heterocycles. The maximum absolute atomic E-state index is 11.3. The first-order valence-corrected chi connectivity index (χ1v) is 7.40. The van der Waals surface area contributed by atoms with Gasteiger partial charge in [-0.15, -0.1) is 6.58 Å². The summed E-state index contributed by atoms with van der Waals surface area (Å²) in [5, 5.41) is 3.24. The van der Waals surface area contributed by atoms with Crippen LogP contribution in [0.15, 0.2) is 12.7 Å². The van der Waals surface area contributed by atoms with Crippen molar-refractivity contribution < 1.29 is 8.42 Å². The average molecular weight is 231 g/mol. The third kappa shape index (κ3) is 3.95. The maximum atomic E-state index is 11.3. The van der Waals surface area contributed by atoms with Crippen LogP contribution in [-0.2, 0) is 9.84 Å². The SMILES string of the molecule is C=CCCCC(NC)C1CCS(=O)(=O)C1. The highest BCUT2D eigenvalue weighted by Gasteiger charge is 2.32. The Kier molecular flexibility index (Phi) is 4.80. The third-order valence-corrected chi connectivity index (χ3v) is 4.92. The smallest absolute Gasteiger partial charge is 0.150 e. The predicted octanol–water partition coefficient (Wildman–Crippen LogP) is 1.37. The Morgan fingerprint density at radius 2 is 2.33 bits per heavy atom. The number of sulfone groups is 1. The van der Waals surface area contributed by atoms with Crippen LogP contribution in [-0.4, -0.2) is 33.0 Å². The Morgan fingerprint density at radius 3 is 2.80 bits per heavy atom. The highest BCUT2D eigenvalue weighted by Crippen LogP contribution is 2.24. The molecule has 1 N–H and O–H groups in total. The van der Waals surface area contributed by atoms with Crippen LogP contribution in [0.3, 0.4) is 0 Å². The third-order valence-electron chi connectivity index (χ3n) is 3.13. The van der Waals surface area contributed by atoms with Gasteiger partial charge in [-0.05, 0) is 38.6 Å². The lowest BCUT2D eigenvalue weighted by atomic mass is 9.94. The van der Waals surface area contributed by atoms with Gasteiger partial charge in [0.2, 0.25) is 0 Å². The van der Waals surface area contributed by atoms with Crippen molar-refractivity contribution in [3.05, 3.63) is 12.7 Å². The second-order valence-corrected chi connectivity index (χ2v) is 6.51. The number of allylic oxidation sites excluding steroid dienone is 1. The van der Waals surface area contributed by atoms with Crippen LogP contribution in [0.2, 0.25) is 0 Å². The van der Waals surface area contributed by atoms with Crippen LogP contribution in [0, 0.1) is 5.92 Å². The molecule has 0 aromatic carbocycles. The molecule has 1 rings (SSSR count). The minimum Gasteiger partial charge on any atom is -0.317 e. The monoisotopic (exact) mass is 231 g/mol. The molecule has 3 nitrogen and oxygen atoms in total. The van der Waals surface area contributed by atoms with E-state index < -0.39 is 9.84 Å². The van der Waals surface area contributed by atoms with Crippen molar-refractivity contribution in [3.8, 4) is 0 Å². The van der Waals surface area contributed by atoms with Crippen LogP contribution < -0.4 is 5.32 Å². The minimum absolute atomic E-state index is 0.310. The fourth-order valence-electron chi connectivity index (χ4n) is 2.24. The van der Waals surface area contributed by atoms with Gasteiger partial charge in [0.25, 0.3) is 0 Å². The summed E-state index contributed by atoms with van der Waals surface area (Å²) in [6, 6.07) is 0.349. The fourth-order valence-corrected chi connectivity index (χ4v) is 4.12. The molecule has 0 aliphatic carbocycles. The van der Waals surface area contributed by atoms with Crippen molar-refractivity contribution in [1.29, 1.82) is 0 Å². The number of hydrogen-bond donors (Lipinski definition) is 1. The van der Waals surface area contributed by atoms with Gasteiger partial charge >= 0.3 is 0 Å². The molecule has 0 amide bonds. The van der Waals surface area contributed by atoms with E-state index in [0.29, 0.717) is 23.5 Å². The molecule has 0 aromatic heterocycles. The summed E-state index contributed by atoms with van der Waals surface area (Å²) in [6.45, 7) is 3.69. The Balaban J connectivity index is 2.42. The van der Waals surface area contributed by atoms with Crippen LogP contribution >= 0.6 is 0 Å². The molecule has 0 saturated carbocycles. The van der Waals surface area contributed by atoms with Crippen molar-refractivity contribution in [2.24, 2.45) is 5.92 Å². The zero-order chi connectivity index (χ0) is 11.3. The van der Waals surface area contributed by atoms with Crippen molar-refractivity contribution in [2.75, 3.05) is 18.6 Å². The Labute approximate surface area is 92.9 Å². The molecule has 0 bridgehead atoms. The Bertz CT molecular complexity index is 298. The molecular weight excluding hydrogens is 210 g/mol. The van der Waals surface area contributed by atoms with Crippen molar-refractivity contribution in [2.45, 2.75) is 31.7 Å².